The quantitative estimate of drug-likeness (QED) is 0.744. The van der Waals surface area contributed by atoms with E-state index in [-0.39, 0.29) is 12.6 Å². The Kier molecular flexibility index (Phi) is 2.77. The van der Waals surface area contributed by atoms with Crippen molar-refractivity contribution in [1.29, 1.82) is 0 Å². The molecule has 0 saturated heterocycles. The lowest BCUT2D eigenvalue weighted by molar-refractivity contribution is -0.143. The molecule has 2 aromatic heterocycles. The topological polar surface area (TPSA) is 65.2 Å². The number of carbonyl (C=O) groups excluding carboxylic acids is 1. The molecule has 0 atom stereocenters. The molecule has 78 valence electrons. The van der Waals surface area contributed by atoms with Gasteiger partial charge in [0.15, 0.2) is 6.61 Å². The molecule has 0 spiro atoms. The number of rotatable bonds is 3. The summed E-state index contributed by atoms with van der Waals surface area (Å²) < 4.78 is 9.63. The second-order valence-electron chi connectivity index (χ2n) is 2.77. The Bertz CT molecular complexity index is 450. The summed E-state index contributed by atoms with van der Waals surface area (Å²) in [5, 5.41) is 5.70. The second kappa shape index (κ2) is 4.22. The Morgan fingerprint density at radius 2 is 2.53 bits per heavy atom. The highest BCUT2D eigenvalue weighted by atomic mass is 32.1. The third-order valence-electron chi connectivity index (χ3n) is 1.61. The molecule has 0 unspecified atom stereocenters. The van der Waals surface area contributed by atoms with Crippen LogP contribution in [0.25, 0.3) is 10.7 Å². The maximum atomic E-state index is 10.5. The van der Waals surface area contributed by atoms with Gasteiger partial charge in [-0.1, -0.05) is 11.2 Å². The third kappa shape index (κ3) is 2.41. The van der Waals surface area contributed by atoms with Crippen LogP contribution < -0.4 is 0 Å². The van der Waals surface area contributed by atoms with Gasteiger partial charge in [-0.3, -0.25) is 4.79 Å². The van der Waals surface area contributed by atoms with Crippen molar-refractivity contribution in [1.82, 2.24) is 10.1 Å². The van der Waals surface area contributed by atoms with Crippen LogP contribution >= 0.6 is 11.3 Å². The summed E-state index contributed by atoms with van der Waals surface area (Å²) in [6.07, 6.45) is 0. The van der Waals surface area contributed by atoms with Crippen LogP contribution in [0.4, 0.5) is 0 Å². The van der Waals surface area contributed by atoms with E-state index in [0.717, 1.165) is 4.88 Å². The first-order chi connectivity index (χ1) is 7.25. The van der Waals surface area contributed by atoms with Crippen molar-refractivity contribution in [2.24, 2.45) is 0 Å². The lowest BCUT2D eigenvalue weighted by atomic mass is 10.4. The van der Waals surface area contributed by atoms with E-state index in [1.165, 1.54) is 18.3 Å². The summed E-state index contributed by atoms with van der Waals surface area (Å²) in [5.74, 6) is 0.451. The van der Waals surface area contributed by atoms with Gasteiger partial charge in [0, 0.05) is 6.92 Å². The smallest absolute Gasteiger partial charge is 0.303 e. The molecular weight excluding hydrogens is 216 g/mol. The van der Waals surface area contributed by atoms with Gasteiger partial charge in [-0.15, -0.1) is 11.3 Å². The van der Waals surface area contributed by atoms with Crippen LogP contribution in [0.5, 0.6) is 0 Å². The van der Waals surface area contributed by atoms with E-state index in [4.69, 9.17) is 9.26 Å². The summed E-state index contributed by atoms with van der Waals surface area (Å²) in [5.41, 5.74) is 0. The van der Waals surface area contributed by atoms with Gasteiger partial charge in [0.25, 0.3) is 5.89 Å². The van der Waals surface area contributed by atoms with E-state index in [9.17, 15) is 4.79 Å². The highest BCUT2D eigenvalue weighted by molar-refractivity contribution is 7.13. The first-order valence-electron chi connectivity index (χ1n) is 4.25. The summed E-state index contributed by atoms with van der Waals surface area (Å²) >= 11 is 1.52. The molecule has 6 heteroatoms. The summed E-state index contributed by atoms with van der Waals surface area (Å²) in [7, 11) is 0. The average Bonchev–Trinajstić information content (AvgIpc) is 2.85. The van der Waals surface area contributed by atoms with E-state index >= 15 is 0 Å². The minimum atomic E-state index is -0.370. The summed E-state index contributed by atoms with van der Waals surface area (Å²) in [4.78, 5) is 15.5. The van der Waals surface area contributed by atoms with Crippen LogP contribution in [-0.4, -0.2) is 16.1 Å². The zero-order valence-electron chi connectivity index (χ0n) is 7.97. The van der Waals surface area contributed by atoms with Gasteiger partial charge in [-0.2, -0.15) is 4.98 Å². The van der Waals surface area contributed by atoms with E-state index in [1.54, 1.807) is 0 Å². The maximum Gasteiger partial charge on any atom is 0.303 e. The predicted molar refractivity (Wildman–Crippen MR) is 53.1 cm³/mol. The minimum Gasteiger partial charge on any atom is -0.456 e. The van der Waals surface area contributed by atoms with Crippen molar-refractivity contribution in [2.75, 3.05) is 0 Å². The lowest BCUT2D eigenvalue weighted by Gasteiger charge is -1.93. The van der Waals surface area contributed by atoms with Gasteiger partial charge < -0.3 is 9.26 Å². The van der Waals surface area contributed by atoms with Crippen LogP contribution in [-0.2, 0) is 16.1 Å². The van der Waals surface area contributed by atoms with Gasteiger partial charge in [-0.25, -0.2) is 0 Å². The van der Waals surface area contributed by atoms with Crippen LogP contribution in [0.15, 0.2) is 22.0 Å². The Hall–Kier alpha value is -1.69. The van der Waals surface area contributed by atoms with E-state index in [2.05, 4.69) is 10.1 Å². The first-order valence-corrected chi connectivity index (χ1v) is 5.13. The number of aromatic nitrogens is 2. The molecular formula is C9H8N2O3S. The fourth-order valence-corrected chi connectivity index (χ4v) is 1.63. The number of carbonyl (C=O) groups is 1. The Balaban J connectivity index is 2.08. The Morgan fingerprint density at radius 1 is 1.67 bits per heavy atom. The molecule has 0 bridgehead atoms. The highest BCUT2D eigenvalue weighted by Gasteiger charge is 2.09. The second-order valence-corrected chi connectivity index (χ2v) is 3.72. The van der Waals surface area contributed by atoms with Crippen molar-refractivity contribution in [3.8, 4) is 10.7 Å². The SMILES string of the molecule is CC(=O)OCc1nc(-c2cccs2)no1. The fourth-order valence-electron chi connectivity index (χ4n) is 0.983. The molecule has 0 amide bonds. The zero-order chi connectivity index (χ0) is 10.7. The number of hydrogen-bond acceptors (Lipinski definition) is 6. The maximum absolute atomic E-state index is 10.5. The van der Waals surface area contributed by atoms with Crippen LogP contribution in [0, 0.1) is 0 Å². The van der Waals surface area contributed by atoms with Crippen molar-refractivity contribution in [3.63, 3.8) is 0 Å². The molecule has 0 radical (unpaired) electrons. The zero-order valence-corrected chi connectivity index (χ0v) is 8.78. The molecule has 0 aromatic carbocycles. The normalized spacial score (nSPS) is 10.2. The minimum absolute atomic E-state index is 0.0215. The van der Waals surface area contributed by atoms with E-state index in [1.807, 2.05) is 17.5 Å². The molecule has 2 rings (SSSR count). The summed E-state index contributed by atoms with van der Waals surface area (Å²) in [6.45, 7) is 1.35. The third-order valence-corrected chi connectivity index (χ3v) is 2.47. The van der Waals surface area contributed by atoms with Crippen molar-refractivity contribution < 1.29 is 14.1 Å². The standard InChI is InChI=1S/C9H8N2O3S/c1-6(12)13-5-8-10-9(11-14-8)7-3-2-4-15-7/h2-4H,5H2,1H3. The molecule has 0 N–H and O–H groups in total. The Morgan fingerprint density at radius 3 is 3.20 bits per heavy atom. The van der Waals surface area contributed by atoms with Crippen LogP contribution in [0.1, 0.15) is 12.8 Å². The molecule has 2 aromatic rings. The molecule has 5 nitrogen and oxygen atoms in total. The number of hydrogen-bond donors (Lipinski definition) is 0. The number of esters is 1. The molecule has 2 heterocycles. The monoisotopic (exact) mass is 224 g/mol. The van der Waals surface area contributed by atoms with Crippen LogP contribution in [0.2, 0.25) is 0 Å². The van der Waals surface area contributed by atoms with Crippen LogP contribution in [0.3, 0.4) is 0 Å². The van der Waals surface area contributed by atoms with Gasteiger partial charge in [0.1, 0.15) is 0 Å². The van der Waals surface area contributed by atoms with E-state index < -0.39 is 0 Å². The molecule has 0 fully saturated rings. The van der Waals surface area contributed by atoms with Gasteiger partial charge >= 0.3 is 5.97 Å². The van der Waals surface area contributed by atoms with Gasteiger partial charge in [0.05, 0.1) is 4.88 Å². The molecule has 0 aliphatic heterocycles. The van der Waals surface area contributed by atoms with Gasteiger partial charge in [0.2, 0.25) is 5.82 Å². The average molecular weight is 224 g/mol. The fraction of sp³-hybridized carbons (Fsp3) is 0.222. The molecule has 0 aliphatic rings. The largest absolute Gasteiger partial charge is 0.456 e. The summed E-state index contributed by atoms with van der Waals surface area (Å²) in [6, 6.07) is 3.80. The molecule has 0 saturated carbocycles. The molecule has 15 heavy (non-hydrogen) atoms. The number of nitrogens with zero attached hydrogens (tertiary/aromatic N) is 2. The Labute approximate surface area is 89.7 Å². The van der Waals surface area contributed by atoms with Crippen molar-refractivity contribution >= 4 is 17.3 Å². The predicted octanol–water partition coefficient (Wildman–Crippen LogP) is 1.86. The lowest BCUT2D eigenvalue weighted by Crippen LogP contribution is -1.98. The van der Waals surface area contributed by atoms with E-state index in [0.29, 0.717) is 11.7 Å². The van der Waals surface area contributed by atoms with Crippen molar-refractivity contribution in [3.05, 3.63) is 23.4 Å². The van der Waals surface area contributed by atoms with Crippen molar-refractivity contribution in [2.45, 2.75) is 13.5 Å². The first kappa shape index (κ1) is 9.85. The highest BCUT2D eigenvalue weighted by Crippen LogP contribution is 2.21. The number of ether oxygens (including phenoxy) is 1. The molecule has 0 aliphatic carbocycles. The number of thiophene rings is 1. The van der Waals surface area contributed by atoms with Gasteiger partial charge in [-0.05, 0) is 11.4 Å².